The monoisotopic (exact) mass is 330 g/mol. The Morgan fingerprint density at radius 3 is 2.61 bits per heavy atom. The molecule has 2 aromatic carbocycles. The zero-order valence-corrected chi connectivity index (χ0v) is 14.2. The second-order valence-electron chi connectivity index (χ2n) is 5.87. The molecule has 3 nitrogen and oxygen atoms in total. The normalized spacial score (nSPS) is 16.1. The number of fused-ring (bicyclic) bond motifs is 1. The maximum atomic E-state index is 12.3. The van der Waals surface area contributed by atoms with Gasteiger partial charge in [-0.25, -0.2) is 0 Å². The molecule has 0 bridgehead atoms. The van der Waals surface area contributed by atoms with Crippen LogP contribution in [0.3, 0.4) is 0 Å². The first-order valence-corrected chi connectivity index (χ1v) is 7.86. The van der Waals surface area contributed by atoms with E-state index in [1.165, 1.54) is 22.3 Å². The molecule has 0 saturated carbocycles. The van der Waals surface area contributed by atoms with Crippen molar-refractivity contribution in [3.63, 3.8) is 0 Å². The summed E-state index contributed by atoms with van der Waals surface area (Å²) in [5.74, 6) is 0.100. The van der Waals surface area contributed by atoms with Crippen LogP contribution in [-0.4, -0.2) is 18.5 Å². The first kappa shape index (κ1) is 17.5. The molecule has 1 heterocycles. The maximum Gasteiger partial charge on any atom is 0.237 e. The molecular weight excluding hydrogens is 308 g/mol. The van der Waals surface area contributed by atoms with E-state index in [9.17, 15) is 4.79 Å². The van der Waals surface area contributed by atoms with Crippen molar-refractivity contribution in [2.24, 2.45) is 0 Å². The van der Waals surface area contributed by atoms with Crippen molar-refractivity contribution in [1.29, 1.82) is 0 Å². The molecule has 0 aliphatic carbocycles. The molecule has 23 heavy (non-hydrogen) atoms. The minimum atomic E-state index is -0.119. The second-order valence-corrected chi connectivity index (χ2v) is 5.87. The number of carbonyl (C=O) groups is 1. The van der Waals surface area contributed by atoms with Crippen LogP contribution in [0.1, 0.15) is 22.3 Å². The van der Waals surface area contributed by atoms with Crippen LogP contribution in [0.15, 0.2) is 48.5 Å². The molecule has 0 aromatic heterocycles. The SMILES string of the molecule is Cc1ccccc1CCNC(=O)C1Cc2ccccc2CN1.Cl. The number of hydrogen-bond donors (Lipinski definition) is 2. The van der Waals surface area contributed by atoms with Gasteiger partial charge in [-0.2, -0.15) is 0 Å². The van der Waals surface area contributed by atoms with Gasteiger partial charge in [-0.15, -0.1) is 12.4 Å². The molecule has 1 atom stereocenters. The third-order valence-corrected chi connectivity index (χ3v) is 4.35. The standard InChI is InChI=1S/C19H22N2O.ClH/c1-14-6-2-3-7-15(14)10-11-20-19(22)18-12-16-8-4-5-9-17(16)13-21-18;/h2-9,18,21H,10-13H2,1H3,(H,20,22);1H. The van der Waals surface area contributed by atoms with Crippen LogP contribution in [0.25, 0.3) is 0 Å². The van der Waals surface area contributed by atoms with Gasteiger partial charge >= 0.3 is 0 Å². The molecule has 2 N–H and O–H groups in total. The summed E-state index contributed by atoms with van der Waals surface area (Å²) in [7, 11) is 0. The highest BCUT2D eigenvalue weighted by atomic mass is 35.5. The highest BCUT2D eigenvalue weighted by Gasteiger charge is 2.23. The summed E-state index contributed by atoms with van der Waals surface area (Å²) in [6.07, 6.45) is 1.65. The zero-order chi connectivity index (χ0) is 15.4. The van der Waals surface area contributed by atoms with Crippen molar-refractivity contribution in [1.82, 2.24) is 10.6 Å². The van der Waals surface area contributed by atoms with Gasteiger partial charge in [-0.3, -0.25) is 4.79 Å². The van der Waals surface area contributed by atoms with Gasteiger partial charge in [0.05, 0.1) is 6.04 Å². The number of halogens is 1. The second kappa shape index (κ2) is 8.14. The number of rotatable bonds is 4. The van der Waals surface area contributed by atoms with Crippen LogP contribution in [0.2, 0.25) is 0 Å². The minimum absolute atomic E-state index is 0. The molecule has 1 aliphatic rings. The fourth-order valence-corrected chi connectivity index (χ4v) is 2.97. The van der Waals surface area contributed by atoms with E-state index < -0.39 is 0 Å². The summed E-state index contributed by atoms with van der Waals surface area (Å²) < 4.78 is 0. The van der Waals surface area contributed by atoms with Crippen molar-refractivity contribution in [3.8, 4) is 0 Å². The lowest BCUT2D eigenvalue weighted by Gasteiger charge is -2.25. The summed E-state index contributed by atoms with van der Waals surface area (Å²) in [4.78, 5) is 12.3. The summed E-state index contributed by atoms with van der Waals surface area (Å²) in [6.45, 7) is 3.56. The average molecular weight is 331 g/mol. The van der Waals surface area contributed by atoms with Gasteiger partial charge < -0.3 is 10.6 Å². The highest BCUT2D eigenvalue weighted by Crippen LogP contribution is 2.16. The van der Waals surface area contributed by atoms with E-state index in [0.717, 1.165) is 19.4 Å². The highest BCUT2D eigenvalue weighted by molar-refractivity contribution is 5.85. The number of aryl methyl sites for hydroxylation is 1. The van der Waals surface area contributed by atoms with Gasteiger partial charge in [0.2, 0.25) is 5.91 Å². The third-order valence-electron chi connectivity index (χ3n) is 4.35. The summed E-state index contributed by atoms with van der Waals surface area (Å²) in [5.41, 5.74) is 5.15. The van der Waals surface area contributed by atoms with Gasteiger partial charge in [0.15, 0.2) is 0 Å². The van der Waals surface area contributed by atoms with E-state index >= 15 is 0 Å². The molecule has 122 valence electrons. The van der Waals surface area contributed by atoms with Crippen LogP contribution in [0.5, 0.6) is 0 Å². The van der Waals surface area contributed by atoms with Gasteiger partial charge in [-0.1, -0.05) is 48.5 Å². The molecule has 1 amide bonds. The number of amides is 1. The van der Waals surface area contributed by atoms with Crippen LogP contribution < -0.4 is 10.6 Å². The summed E-state index contributed by atoms with van der Waals surface area (Å²) in [6, 6.07) is 16.5. The minimum Gasteiger partial charge on any atom is -0.354 e. The fourth-order valence-electron chi connectivity index (χ4n) is 2.97. The maximum absolute atomic E-state index is 12.3. The van der Waals surface area contributed by atoms with Crippen molar-refractivity contribution < 1.29 is 4.79 Å². The van der Waals surface area contributed by atoms with Crippen LogP contribution in [0.4, 0.5) is 0 Å². The van der Waals surface area contributed by atoms with Crippen LogP contribution in [0, 0.1) is 6.92 Å². The molecule has 0 fully saturated rings. The molecule has 0 saturated heterocycles. The van der Waals surface area contributed by atoms with Crippen LogP contribution >= 0.6 is 12.4 Å². The van der Waals surface area contributed by atoms with Crippen LogP contribution in [-0.2, 0) is 24.2 Å². The average Bonchev–Trinajstić information content (AvgIpc) is 2.56. The number of hydrogen-bond acceptors (Lipinski definition) is 2. The first-order valence-electron chi connectivity index (χ1n) is 7.86. The quantitative estimate of drug-likeness (QED) is 0.905. The van der Waals surface area contributed by atoms with Crippen molar-refractivity contribution in [2.75, 3.05) is 6.54 Å². The predicted molar refractivity (Wildman–Crippen MR) is 95.9 cm³/mol. The van der Waals surface area contributed by atoms with E-state index in [1.54, 1.807) is 0 Å². The summed E-state index contributed by atoms with van der Waals surface area (Å²) in [5, 5.41) is 6.38. The Morgan fingerprint density at radius 1 is 1.13 bits per heavy atom. The van der Waals surface area contributed by atoms with Gasteiger partial charge in [-0.05, 0) is 42.0 Å². The molecular formula is C19H23ClN2O. The Kier molecular flexibility index (Phi) is 6.20. The van der Waals surface area contributed by atoms with E-state index in [0.29, 0.717) is 6.54 Å². The lowest BCUT2D eigenvalue weighted by atomic mass is 9.95. The van der Waals surface area contributed by atoms with Crippen molar-refractivity contribution >= 4 is 18.3 Å². The van der Waals surface area contributed by atoms with E-state index in [-0.39, 0.29) is 24.4 Å². The molecule has 1 unspecified atom stereocenters. The lowest BCUT2D eigenvalue weighted by molar-refractivity contribution is -0.123. The van der Waals surface area contributed by atoms with Crippen molar-refractivity contribution in [2.45, 2.75) is 32.4 Å². The Balaban J connectivity index is 0.00000192. The topological polar surface area (TPSA) is 41.1 Å². The number of nitrogens with one attached hydrogen (secondary N) is 2. The zero-order valence-electron chi connectivity index (χ0n) is 13.3. The number of carbonyl (C=O) groups excluding carboxylic acids is 1. The molecule has 0 radical (unpaired) electrons. The Hall–Kier alpha value is -1.84. The van der Waals surface area contributed by atoms with Gasteiger partial charge in [0, 0.05) is 13.1 Å². The predicted octanol–water partition coefficient (Wildman–Crippen LogP) is 2.79. The van der Waals surface area contributed by atoms with Gasteiger partial charge in [0.25, 0.3) is 0 Å². The Morgan fingerprint density at radius 2 is 1.83 bits per heavy atom. The molecule has 0 spiro atoms. The third kappa shape index (κ3) is 4.34. The molecule has 2 aromatic rings. The van der Waals surface area contributed by atoms with Crippen molar-refractivity contribution in [3.05, 3.63) is 70.8 Å². The Labute approximate surface area is 143 Å². The van der Waals surface area contributed by atoms with E-state index in [1.807, 2.05) is 24.3 Å². The molecule has 3 rings (SSSR count). The lowest BCUT2D eigenvalue weighted by Crippen LogP contribution is -2.48. The fraction of sp³-hybridized carbons (Fsp3) is 0.316. The van der Waals surface area contributed by atoms with E-state index in [2.05, 4.69) is 41.8 Å². The smallest absolute Gasteiger partial charge is 0.237 e. The first-order chi connectivity index (χ1) is 10.7. The van der Waals surface area contributed by atoms with Gasteiger partial charge in [0.1, 0.15) is 0 Å². The molecule has 4 heteroatoms. The largest absolute Gasteiger partial charge is 0.354 e. The van der Waals surface area contributed by atoms with E-state index in [4.69, 9.17) is 0 Å². The summed E-state index contributed by atoms with van der Waals surface area (Å²) >= 11 is 0. The Bertz CT molecular complexity index is 672. The number of benzene rings is 2. The molecule has 1 aliphatic heterocycles.